The number of amides is 2. The first-order valence-corrected chi connectivity index (χ1v) is 7.30. The van der Waals surface area contributed by atoms with Crippen LogP contribution in [0.15, 0.2) is 48.5 Å². The predicted molar refractivity (Wildman–Crippen MR) is 85.4 cm³/mol. The Morgan fingerprint density at radius 2 is 1.71 bits per heavy atom. The van der Waals surface area contributed by atoms with Crippen molar-refractivity contribution < 1.29 is 4.79 Å². The van der Waals surface area contributed by atoms with Gasteiger partial charge in [0.05, 0.1) is 5.54 Å². The summed E-state index contributed by atoms with van der Waals surface area (Å²) in [6.07, 6.45) is 1.99. The van der Waals surface area contributed by atoms with Crippen molar-refractivity contribution in [2.45, 2.75) is 32.2 Å². The quantitative estimate of drug-likeness (QED) is 0.872. The molecule has 0 heterocycles. The second-order valence-electron chi connectivity index (χ2n) is 5.90. The van der Waals surface area contributed by atoms with Crippen LogP contribution in [-0.2, 0) is 5.54 Å². The van der Waals surface area contributed by atoms with Crippen LogP contribution >= 0.6 is 0 Å². The van der Waals surface area contributed by atoms with Gasteiger partial charge < -0.3 is 10.6 Å². The van der Waals surface area contributed by atoms with Gasteiger partial charge in [-0.2, -0.15) is 0 Å². The van der Waals surface area contributed by atoms with Gasteiger partial charge in [0.1, 0.15) is 0 Å². The van der Waals surface area contributed by atoms with Gasteiger partial charge in [-0.05, 0) is 49.9 Å². The lowest BCUT2D eigenvalue weighted by molar-refractivity contribution is 0.247. The summed E-state index contributed by atoms with van der Waals surface area (Å²) in [7, 11) is 0. The van der Waals surface area contributed by atoms with E-state index in [0.717, 1.165) is 24.1 Å². The fourth-order valence-electron chi connectivity index (χ4n) is 2.59. The molecule has 0 atom stereocenters. The predicted octanol–water partition coefficient (Wildman–Crippen LogP) is 4.11. The van der Waals surface area contributed by atoms with Crippen LogP contribution in [0.5, 0.6) is 0 Å². The highest BCUT2D eigenvalue weighted by Gasteiger charge is 2.45. The van der Waals surface area contributed by atoms with E-state index >= 15 is 0 Å². The highest BCUT2D eigenvalue weighted by atomic mass is 16.2. The maximum Gasteiger partial charge on any atom is 0.319 e. The molecule has 1 saturated carbocycles. The molecular formula is C18H20N2O. The molecule has 0 aliphatic heterocycles. The molecule has 2 aromatic carbocycles. The minimum absolute atomic E-state index is 0.140. The second-order valence-corrected chi connectivity index (χ2v) is 5.90. The first kappa shape index (κ1) is 13.7. The third-order valence-electron chi connectivity index (χ3n) is 3.98. The Balaban J connectivity index is 1.68. The van der Waals surface area contributed by atoms with Crippen LogP contribution in [-0.4, -0.2) is 6.03 Å². The van der Waals surface area contributed by atoms with Gasteiger partial charge in [0.25, 0.3) is 0 Å². The van der Waals surface area contributed by atoms with Gasteiger partial charge in [0.15, 0.2) is 0 Å². The normalized spacial score (nSPS) is 15.3. The van der Waals surface area contributed by atoms with Gasteiger partial charge in [-0.15, -0.1) is 0 Å². The third kappa shape index (κ3) is 3.07. The molecule has 0 bridgehead atoms. The number of urea groups is 1. The zero-order valence-electron chi connectivity index (χ0n) is 12.4. The number of aryl methyl sites for hydroxylation is 2. The molecule has 3 heteroatoms. The topological polar surface area (TPSA) is 41.1 Å². The van der Waals surface area contributed by atoms with E-state index in [9.17, 15) is 4.79 Å². The Morgan fingerprint density at radius 3 is 2.33 bits per heavy atom. The van der Waals surface area contributed by atoms with Crippen LogP contribution in [0.4, 0.5) is 10.5 Å². The fourth-order valence-corrected chi connectivity index (χ4v) is 2.59. The Labute approximate surface area is 125 Å². The number of benzene rings is 2. The lowest BCUT2D eigenvalue weighted by Gasteiger charge is -2.19. The van der Waals surface area contributed by atoms with E-state index in [1.165, 1.54) is 11.1 Å². The lowest BCUT2D eigenvalue weighted by Crippen LogP contribution is -2.38. The molecule has 0 saturated heterocycles. The summed E-state index contributed by atoms with van der Waals surface area (Å²) in [5.74, 6) is 0. The minimum Gasteiger partial charge on any atom is -0.328 e. The van der Waals surface area contributed by atoms with Gasteiger partial charge in [0.2, 0.25) is 0 Å². The van der Waals surface area contributed by atoms with Crippen LogP contribution in [0.1, 0.15) is 29.5 Å². The molecule has 0 spiro atoms. The Bertz CT molecular complexity index is 657. The lowest BCUT2D eigenvalue weighted by atomic mass is 10.0. The minimum atomic E-state index is -0.179. The molecule has 2 N–H and O–H groups in total. The standard InChI is InChI=1S/C18H20N2O/c1-13-6-8-15(9-7-13)18(10-11-18)20-17(21)19-16-5-3-4-14(2)12-16/h3-9,12H,10-11H2,1-2H3,(H2,19,20,21). The van der Waals surface area contributed by atoms with E-state index in [2.05, 4.69) is 41.8 Å². The molecule has 0 radical (unpaired) electrons. The number of hydrogen-bond acceptors (Lipinski definition) is 1. The summed E-state index contributed by atoms with van der Waals surface area (Å²) >= 11 is 0. The molecule has 2 amide bonds. The van der Waals surface area contributed by atoms with E-state index in [-0.39, 0.29) is 11.6 Å². The average molecular weight is 280 g/mol. The molecular weight excluding hydrogens is 260 g/mol. The Hall–Kier alpha value is -2.29. The van der Waals surface area contributed by atoms with E-state index < -0.39 is 0 Å². The molecule has 0 aromatic heterocycles. The number of rotatable bonds is 3. The van der Waals surface area contributed by atoms with E-state index in [1.807, 2.05) is 31.2 Å². The number of carbonyl (C=O) groups excluding carboxylic acids is 1. The Morgan fingerprint density at radius 1 is 1.00 bits per heavy atom. The zero-order chi connectivity index (χ0) is 14.9. The summed E-state index contributed by atoms with van der Waals surface area (Å²) in [5, 5.41) is 6.03. The van der Waals surface area contributed by atoms with Crippen LogP contribution in [0.25, 0.3) is 0 Å². The van der Waals surface area contributed by atoms with Crippen molar-refractivity contribution in [2.75, 3.05) is 5.32 Å². The summed E-state index contributed by atoms with van der Waals surface area (Å²) < 4.78 is 0. The third-order valence-corrected chi connectivity index (χ3v) is 3.98. The number of nitrogens with one attached hydrogen (secondary N) is 2. The molecule has 3 rings (SSSR count). The molecule has 21 heavy (non-hydrogen) atoms. The number of carbonyl (C=O) groups is 1. The van der Waals surface area contributed by atoms with E-state index in [1.54, 1.807) is 0 Å². The summed E-state index contributed by atoms with van der Waals surface area (Å²) in [5.41, 5.74) is 4.20. The van der Waals surface area contributed by atoms with Gasteiger partial charge in [0, 0.05) is 5.69 Å². The van der Waals surface area contributed by atoms with Crippen LogP contribution < -0.4 is 10.6 Å². The first-order chi connectivity index (χ1) is 10.1. The molecule has 1 fully saturated rings. The zero-order valence-corrected chi connectivity index (χ0v) is 12.4. The van der Waals surface area contributed by atoms with Crippen LogP contribution in [0.3, 0.4) is 0 Å². The first-order valence-electron chi connectivity index (χ1n) is 7.30. The van der Waals surface area contributed by atoms with Crippen molar-refractivity contribution in [3.05, 3.63) is 65.2 Å². The van der Waals surface area contributed by atoms with Crippen molar-refractivity contribution in [1.29, 1.82) is 0 Å². The highest BCUT2D eigenvalue weighted by molar-refractivity contribution is 5.90. The van der Waals surface area contributed by atoms with Gasteiger partial charge in [-0.25, -0.2) is 4.79 Å². The van der Waals surface area contributed by atoms with E-state index in [4.69, 9.17) is 0 Å². The molecule has 3 nitrogen and oxygen atoms in total. The van der Waals surface area contributed by atoms with Crippen molar-refractivity contribution in [3.8, 4) is 0 Å². The van der Waals surface area contributed by atoms with Crippen molar-refractivity contribution in [3.63, 3.8) is 0 Å². The van der Waals surface area contributed by atoms with Crippen LogP contribution in [0.2, 0.25) is 0 Å². The van der Waals surface area contributed by atoms with Crippen molar-refractivity contribution in [2.24, 2.45) is 0 Å². The molecule has 1 aliphatic rings. The van der Waals surface area contributed by atoms with Gasteiger partial charge in [-0.1, -0.05) is 42.0 Å². The smallest absolute Gasteiger partial charge is 0.319 e. The SMILES string of the molecule is Cc1ccc(C2(NC(=O)Nc3cccc(C)c3)CC2)cc1. The van der Waals surface area contributed by atoms with E-state index in [0.29, 0.717) is 0 Å². The molecule has 108 valence electrons. The summed E-state index contributed by atoms with van der Waals surface area (Å²) in [6.45, 7) is 4.08. The van der Waals surface area contributed by atoms with Crippen molar-refractivity contribution >= 4 is 11.7 Å². The maximum atomic E-state index is 12.2. The van der Waals surface area contributed by atoms with Gasteiger partial charge >= 0.3 is 6.03 Å². The highest BCUT2D eigenvalue weighted by Crippen LogP contribution is 2.45. The van der Waals surface area contributed by atoms with Gasteiger partial charge in [-0.3, -0.25) is 0 Å². The number of hydrogen-bond donors (Lipinski definition) is 2. The number of anilines is 1. The summed E-state index contributed by atoms with van der Waals surface area (Å²) in [4.78, 5) is 12.2. The monoisotopic (exact) mass is 280 g/mol. The summed E-state index contributed by atoms with van der Waals surface area (Å²) in [6, 6.07) is 16.1. The molecule has 1 aliphatic carbocycles. The average Bonchev–Trinajstić information content (AvgIpc) is 3.20. The van der Waals surface area contributed by atoms with Crippen molar-refractivity contribution in [1.82, 2.24) is 5.32 Å². The van der Waals surface area contributed by atoms with Crippen LogP contribution in [0, 0.1) is 13.8 Å². The molecule has 0 unspecified atom stereocenters. The second kappa shape index (κ2) is 5.24. The molecule has 2 aromatic rings. The Kier molecular flexibility index (Phi) is 3.42. The largest absolute Gasteiger partial charge is 0.328 e. The fraction of sp³-hybridized carbons (Fsp3) is 0.278. The maximum absolute atomic E-state index is 12.2.